The molecule has 0 amide bonds. The minimum atomic E-state index is -0.371. The molecule has 2 aromatic heterocycles. The zero-order valence-corrected chi connectivity index (χ0v) is 10.6. The molecule has 0 spiro atoms. The fourth-order valence-electron chi connectivity index (χ4n) is 1.96. The molecule has 3 aromatic rings. The molecule has 0 aliphatic heterocycles. The second-order valence-electron chi connectivity index (χ2n) is 4.15. The molecule has 5 heteroatoms. The summed E-state index contributed by atoms with van der Waals surface area (Å²) >= 11 is 6.18. The number of hydrogen-bond donors (Lipinski definition) is 1. The van der Waals surface area contributed by atoms with Gasteiger partial charge in [-0.3, -0.25) is 4.98 Å². The van der Waals surface area contributed by atoms with Gasteiger partial charge in [-0.1, -0.05) is 11.6 Å². The van der Waals surface area contributed by atoms with Crippen LogP contribution in [0.1, 0.15) is 5.76 Å². The second-order valence-corrected chi connectivity index (χ2v) is 4.56. The summed E-state index contributed by atoms with van der Waals surface area (Å²) in [5.74, 6) is 0.297. The molecule has 19 heavy (non-hydrogen) atoms. The van der Waals surface area contributed by atoms with Gasteiger partial charge in [0, 0.05) is 10.9 Å². The summed E-state index contributed by atoms with van der Waals surface area (Å²) in [5, 5.41) is 1.34. The quantitative estimate of drug-likeness (QED) is 0.775. The first-order valence-electron chi connectivity index (χ1n) is 5.71. The van der Waals surface area contributed by atoms with Gasteiger partial charge in [-0.2, -0.15) is 0 Å². The van der Waals surface area contributed by atoms with Gasteiger partial charge in [0.2, 0.25) is 0 Å². The summed E-state index contributed by atoms with van der Waals surface area (Å²) in [6.45, 7) is 0.315. The number of hydrogen-bond acceptors (Lipinski definition) is 3. The molecule has 0 aliphatic carbocycles. The Morgan fingerprint density at radius 1 is 1.26 bits per heavy atom. The van der Waals surface area contributed by atoms with Crippen molar-refractivity contribution in [1.82, 2.24) is 4.98 Å². The summed E-state index contributed by atoms with van der Waals surface area (Å²) in [6.07, 6.45) is 1.17. The lowest BCUT2D eigenvalue weighted by Crippen LogP contribution is -1.92. The van der Waals surface area contributed by atoms with Crippen LogP contribution in [-0.2, 0) is 6.54 Å². The first kappa shape index (κ1) is 12.1. The van der Waals surface area contributed by atoms with Gasteiger partial charge in [0.15, 0.2) is 5.58 Å². The Morgan fingerprint density at radius 2 is 2.11 bits per heavy atom. The molecule has 3 nitrogen and oxygen atoms in total. The van der Waals surface area contributed by atoms with Crippen molar-refractivity contribution in [2.75, 3.05) is 0 Å². The largest absolute Gasteiger partial charge is 0.458 e. The zero-order chi connectivity index (χ0) is 13.4. The summed E-state index contributed by atoms with van der Waals surface area (Å²) in [7, 11) is 0. The second kappa shape index (κ2) is 4.64. The van der Waals surface area contributed by atoms with Crippen molar-refractivity contribution in [3.8, 4) is 11.3 Å². The van der Waals surface area contributed by atoms with Crippen LogP contribution in [0.4, 0.5) is 4.39 Å². The zero-order valence-electron chi connectivity index (χ0n) is 9.86. The first-order chi connectivity index (χ1) is 9.17. The number of furan rings is 1. The van der Waals surface area contributed by atoms with Crippen LogP contribution in [0.15, 0.2) is 40.9 Å². The summed E-state index contributed by atoms with van der Waals surface area (Å²) < 4.78 is 18.4. The van der Waals surface area contributed by atoms with Gasteiger partial charge in [0.05, 0.1) is 23.5 Å². The third kappa shape index (κ3) is 2.20. The van der Waals surface area contributed by atoms with Crippen LogP contribution in [0.3, 0.4) is 0 Å². The van der Waals surface area contributed by atoms with Crippen LogP contribution in [0.2, 0.25) is 5.02 Å². The third-order valence-corrected chi connectivity index (χ3v) is 3.13. The summed E-state index contributed by atoms with van der Waals surface area (Å²) in [5.41, 5.74) is 7.60. The average molecular weight is 277 g/mol. The van der Waals surface area contributed by atoms with E-state index in [1.54, 1.807) is 12.1 Å². The number of nitrogens with two attached hydrogens (primary N) is 1. The number of fused-ring (bicyclic) bond motifs is 1. The van der Waals surface area contributed by atoms with E-state index >= 15 is 0 Å². The Hall–Kier alpha value is -1.91. The van der Waals surface area contributed by atoms with Crippen molar-refractivity contribution in [2.45, 2.75) is 6.54 Å². The fourth-order valence-corrected chi connectivity index (χ4v) is 2.22. The molecule has 0 unspecified atom stereocenters. The Bertz CT molecular complexity index is 737. The predicted molar refractivity (Wildman–Crippen MR) is 72.3 cm³/mol. The topological polar surface area (TPSA) is 52.0 Å². The Morgan fingerprint density at radius 3 is 2.79 bits per heavy atom. The number of benzene rings is 1. The van der Waals surface area contributed by atoms with Crippen molar-refractivity contribution in [1.29, 1.82) is 0 Å². The first-order valence-corrected chi connectivity index (χ1v) is 6.09. The number of pyridine rings is 1. The number of aromatic nitrogens is 1. The van der Waals surface area contributed by atoms with E-state index < -0.39 is 0 Å². The van der Waals surface area contributed by atoms with Gasteiger partial charge < -0.3 is 10.2 Å². The molecule has 0 saturated heterocycles. The van der Waals surface area contributed by atoms with E-state index in [1.165, 1.54) is 12.3 Å². The van der Waals surface area contributed by atoms with Crippen molar-refractivity contribution in [3.05, 3.63) is 53.1 Å². The van der Waals surface area contributed by atoms with E-state index in [0.29, 0.717) is 28.6 Å². The van der Waals surface area contributed by atoms with Crippen LogP contribution in [0, 0.1) is 5.82 Å². The molecule has 2 heterocycles. The standard InChI is InChI=1S/C14H10ClFN2O/c15-12-5-8(13-2-1-10(16)7-18-13)3-9-4-11(6-17)19-14(9)12/h1-5,7H,6,17H2. The highest BCUT2D eigenvalue weighted by Crippen LogP contribution is 2.32. The van der Waals surface area contributed by atoms with Gasteiger partial charge in [0.1, 0.15) is 11.6 Å². The van der Waals surface area contributed by atoms with E-state index in [4.69, 9.17) is 21.8 Å². The van der Waals surface area contributed by atoms with Crippen molar-refractivity contribution >= 4 is 22.6 Å². The molecule has 2 N–H and O–H groups in total. The third-order valence-electron chi connectivity index (χ3n) is 2.85. The maximum atomic E-state index is 12.9. The van der Waals surface area contributed by atoms with Gasteiger partial charge in [-0.05, 0) is 30.3 Å². The normalized spacial score (nSPS) is 11.1. The SMILES string of the molecule is NCc1cc2cc(-c3ccc(F)cn3)cc(Cl)c2o1. The molecule has 1 aromatic carbocycles. The molecule has 0 radical (unpaired) electrons. The van der Waals surface area contributed by atoms with Crippen molar-refractivity contribution < 1.29 is 8.81 Å². The molecule has 0 saturated carbocycles. The monoisotopic (exact) mass is 276 g/mol. The molecule has 96 valence electrons. The lowest BCUT2D eigenvalue weighted by atomic mass is 10.1. The lowest BCUT2D eigenvalue weighted by Gasteiger charge is -2.02. The van der Waals surface area contributed by atoms with E-state index in [1.807, 2.05) is 12.1 Å². The predicted octanol–water partition coefficient (Wildman–Crippen LogP) is 3.75. The van der Waals surface area contributed by atoms with Crippen molar-refractivity contribution in [2.24, 2.45) is 5.73 Å². The molecular formula is C14H10ClFN2O. The van der Waals surface area contributed by atoms with E-state index in [2.05, 4.69) is 4.98 Å². The van der Waals surface area contributed by atoms with Crippen LogP contribution in [-0.4, -0.2) is 4.98 Å². The highest BCUT2D eigenvalue weighted by atomic mass is 35.5. The number of nitrogens with zero attached hydrogens (tertiary/aromatic N) is 1. The van der Waals surface area contributed by atoms with Gasteiger partial charge in [0.25, 0.3) is 0 Å². The van der Waals surface area contributed by atoms with Crippen molar-refractivity contribution in [3.63, 3.8) is 0 Å². The van der Waals surface area contributed by atoms with Gasteiger partial charge in [-0.15, -0.1) is 0 Å². The highest BCUT2D eigenvalue weighted by molar-refractivity contribution is 6.35. The maximum Gasteiger partial charge on any atom is 0.152 e. The maximum absolute atomic E-state index is 12.9. The Labute approximate surface area is 113 Å². The number of rotatable bonds is 2. The minimum absolute atomic E-state index is 0.315. The summed E-state index contributed by atoms with van der Waals surface area (Å²) in [6, 6.07) is 8.45. The molecule has 0 aliphatic rings. The molecular weight excluding hydrogens is 267 g/mol. The molecule has 0 fully saturated rings. The van der Waals surface area contributed by atoms with E-state index in [-0.39, 0.29) is 5.82 Å². The fraction of sp³-hybridized carbons (Fsp3) is 0.0714. The Kier molecular flexibility index (Phi) is 2.97. The van der Waals surface area contributed by atoms with Gasteiger partial charge in [-0.25, -0.2) is 4.39 Å². The van der Waals surface area contributed by atoms with Crippen LogP contribution < -0.4 is 5.73 Å². The van der Waals surface area contributed by atoms with Gasteiger partial charge >= 0.3 is 0 Å². The van der Waals surface area contributed by atoms with Crippen LogP contribution >= 0.6 is 11.6 Å². The smallest absolute Gasteiger partial charge is 0.152 e. The molecule has 0 bridgehead atoms. The van der Waals surface area contributed by atoms with E-state index in [9.17, 15) is 4.39 Å². The molecule has 0 atom stereocenters. The van der Waals surface area contributed by atoms with E-state index in [0.717, 1.165) is 10.9 Å². The lowest BCUT2D eigenvalue weighted by molar-refractivity contribution is 0.552. The van der Waals surface area contributed by atoms with Crippen LogP contribution in [0.5, 0.6) is 0 Å². The minimum Gasteiger partial charge on any atom is -0.458 e. The number of halogens is 2. The molecule has 3 rings (SSSR count). The van der Waals surface area contributed by atoms with Crippen LogP contribution in [0.25, 0.3) is 22.2 Å². The highest BCUT2D eigenvalue weighted by Gasteiger charge is 2.10. The summed E-state index contributed by atoms with van der Waals surface area (Å²) in [4.78, 5) is 4.03. The average Bonchev–Trinajstić information content (AvgIpc) is 2.83. The Balaban J connectivity index is 2.17.